The first-order valence-corrected chi connectivity index (χ1v) is 11.1. The minimum atomic E-state index is -4.11. The van der Waals surface area contributed by atoms with Gasteiger partial charge in [-0.15, -0.1) is 0 Å². The number of nitrogens with one attached hydrogen (secondary N) is 1. The number of hydrogen-bond acceptors (Lipinski definition) is 4. The summed E-state index contributed by atoms with van der Waals surface area (Å²) in [4.78, 5) is 12.7. The van der Waals surface area contributed by atoms with E-state index in [9.17, 15) is 17.6 Å². The maximum absolute atomic E-state index is 13.3. The van der Waals surface area contributed by atoms with Crippen LogP contribution in [0.5, 0.6) is 5.75 Å². The largest absolute Gasteiger partial charge is 0.489 e. The minimum Gasteiger partial charge on any atom is -0.489 e. The highest BCUT2D eigenvalue weighted by Crippen LogP contribution is 2.26. The van der Waals surface area contributed by atoms with Crippen LogP contribution in [-0.4, -0.2) is 27.0 Å². The molecule has 0 heterocycles. The van der Waals surface area contributed by atoms with Crippen LogP contribution in [0.25, 0.3) is 0 Å². The molecule has 0 saturated heterocycles. The zero-order chi connectivity index (χ0) is 22.4. The van der Waals surface area contributed by atoms with Gasteiger partial charge >= 0.3 is 0 Å². The van der Waals surface area contributed by atoms with E-state index >= 15 is 0 Å². The summed E-state index contributed by atoms with van der Waals surface area (Å²) in [6.07, 6.45) is -0.0993. The number of benzene rings is 3. The molecule has 3 rings (SSSR count). The number of anilines is 2. The van der Waals surface area contributed by atoms with Gasteiger partial charge < -0.3 is 10.1 Å². The molecule has 0 aliphatic rings. The minimum absolute atomic E-state index is 0.0993. The van der Waals surface area contributed by atoms with Crippen molar-refractivity contribution in [2.45, 2.75) is 24.8 Å². The first-order valence-electron chi connectivity index (χ1n) is 9.66. The summed E-state index contributed by atoms with van der Waals surface area (Å²) < 4.78 is 46.5. The van der Waals surface area contributed by atoms with Gasteiger partial charge in [0.1, 0.15) is 18.1 Å². The van der Waals surface area contributed by atoms with E-state index in [0.29, 0.717) is 17.1 Å². The molecular formula is C23H23FN2O4S. The lowest BCUT2D eigenvalue weighted by atomic mass is 10.2. The number of para-hydroxylation sites is 3. The molecule has 0 fully saturated rings. The first-order chi connectivity index (χ1) is 14.8. The average Bonchev–Trinajstić information content (AvgIpc) is 2.74. The second kappa shape index (κ2) is 9.61. The second-order valence-electron chi connectivity index (χ2n) is 7.01. The zero-order valence-corrected chi connectivity index (χ0v) is 18.0. The van der Waals surface area contributed by atoms with Gasteiger partial charge in [-0.3, -0.25) is 9.10 Å². The Balaban J connectivity index is 1.90. The van der Waals surface area contributed by atoms with E-state index < -0.39 is 28.3 Å². The van der Waals surface area contributed by atoms with E-state index in [2.05, 4.69) is 5.32 Å². The Kier molecular flexibility index (Phi) is 6.91. The summed E-state index contributed by atoms with van der Waals surface area (Å²) >= 11 is 0. The van der Waals surface area contributed by atoms with Crippen molar-refractivity contribution in [1.29, 1.82) is 0 Å². The van der Waals surface area contributed by atoms with Crippen molar-refractivity contribution >= 4 is 27.3 Å². The molecule has 8 heteroatoms. The quantitative estimate of drug-likeness (QED) is 0.559. The highest BCUT2D eigenvalue weighted by Gasteiger charge is 2.27. The molecule has 0 unspecified atom stereocenters. The Morgan fingerprint density at radius 1 is 0.968 bits per heavy atom. The normalized spacial score (nSPS) is 11.2. The molecule has 3 aromatic rings. The molecule has 31 heavy (non-hydrogen) atoms. The molecule has 3 aromatic carbocycles. The number of amides is 1. The molecule has 162 valence electrons. The molecule has 0 bridgehead atoms. The predicted octanol–water partition coefficient (Wildman–Crippen LogP) is 4.45. The highest BCUT2D eigenvalue weighted by molar-refractivity contribution is 7.92. The van der Waals surface area contributed by atoms with Crippen LogP contribution in [0.2, 0.25) is 0 Å². The van der Waals surface area contributed by atoms with E-state index in [1.54, 1.807) is 54.6 Å². The molecule has 6 nitrogen and oxygen atoms in total. The Labute approximate surface area is 181 Å². The van der Waals surface area contributed by atoms with Gasteiger partial charge in [-0.05, 0) is 62.4 Å². The van der Waals surface area contributed by atoms with Crippen molar-refractivity contribution in [3.05, 3.63) is 84.7 Å². The Hall–Kier alpha value is -3.39. The topological polar surface area (TPSA) is 75.7 Å². The summed E-state index contributed by atoms with van der Waals surface area (Å²) in [5.74, 6) is -0.613. The molecule has 0 aliphatic heterocycles. The van der Waals surface area contributed by atoms with Crippen LogP contribution in [0.1, 0.15) is 13.8 Å². The number of carbonyl (C=O) groups excluding carboxylic acids is 1. The fourth-order valence-corrected chi connectivity index (χ4v) is 4.31. The van der Waals surface area contributed by atoms with Gasteiger partial charge in [0.25, 0.3) is 10.0 Å². The number of ether oxygens (including phenoxy) is 1. The zero-order valence-electron chi connectivity index (χ0n) is 17.2. The van der Waals surface area contributed by atoms with Gasteiger partial charge in [-0.25, -0.2) is 12.8 Å². The smallest absolute Gasteiger partial charge is 0.264 e. The van der Waals surface area contributed by atoms with Crippen molar-refractivity contribution in [3.8, 4) is 5.75 Å². The monoisotopic (exact) mass is 442 g/mol. The van der Waals surface area contributed by atoms with Crippen LogP contribution < -0.4 is 14.4 Å². The molecular weight excluding hydrogens is 419 g/mol. The fourth-order valence-electron chi connectivity index (χ4n) is 2.89. The van der Waals surface area contributed by atoms with Crippen molar-refractivity contribution in [3.63, 3.8) is 0 Å². The molecule has 1 amide bonds. The van der Waals surface area contributed by atoms with E-state index in [0.717, 1.165) is 16.4 Å². The maximum atomic E-state index is 13.3. The standard InChI is InChI=1S/C23H23FN2O4S/c1-17(2)30-22-11-7-6-10-21(22)25-23(27)16-26(19-8-4-3-5-9-19)31(28,29)20-14-12-18(24)13-15-20/h3-15,17H,16H2,1-2H3,(H,25,27). The third-order valence-corrected chi connectivity index (χ3v) is 6.04. The summed E-state index contributed by atoms with van der Waals surface area (Å²) in [6, 6.07) is 19.7. The van der Waals surface area contributed by atoms with Crippen LogP contribution >= 0.6 is 0 Å². The van der Waals surface area contributed by atoms with E-state index in [-0.39, 0.29) is 11.0 Å². The lowest BCUT2D eigenvalue weighted by Gasteiger charge is -2.24. The number of rotatable bonds is 8. The van der Waals surface area contributed by atoms with Crippen LogP contribution in [0.15, 0.2) is 83.8 Å². The molecule has 0 radical (unpaired) electrons. The average molecular weight is 443 g/mol. The second-order valence-corrected chi connectivity index (χ2v) is 8.87. The summed E-state index contributed by atoms with van der Waals surface area (Å²) in [5.41, 5.74) is 0.752. The SMILES string of the molecule is CC(C)Oc1ccccc1NC(=O)CN(c1ccccc1)S(=O)(=O)c1ccc(F)cc1. The highest BCUT2D eigenvalue weighted by atomic mass is 32.2. The molecule has 0 atom stereocenters. The third kappa shape index (κ3) is 5.61. The van der Waals surface area contributed by atoms with Crippen molar-refractivity contribution in [2.24, 2.45) is 0 Å². The van der Waals surface area contributed by atoms with E-state index in [1.165, 1.54) is 12.1 Å². The van der Waals surface area contributed by atoms with E-state index in [1.807, 2.05) is 13.8 Å². The van der Waals surface area contributed by atoms with Gasteiger partial charge in [-0.1, -0.05) is 30.3 Å². The Morgan fingerprint density at radius 3 is 2.23 bits per heavy atom. The summed E-state index contributed by atoms with van der Waals surface area (Å²) in [5, 5.41) is 2.72. The van der Waals surface area contributed by atoms with Crippen LogP contribution in [0, 0.1) is 5.82 Å². The van der Waals surface area contributed by atoms with Crippen molar-refractivity contribution < 1.29 is 22.3 Å². The van der Waals surface area contributed by atoms with Crippen LogP contribution in [0.4, 0.5) is 15.8 Å². The Morgan fingerprint density at radius 2 is 1.58 bits per heavy atom. The number of carbonyl (C=O) groups is 1. The van der Waals surface area contributed by atoms with Crippen molar-refractivity contribution in [1.82, 2.24) is 0 Å². The van der Waals surface area contributed by atoms with Gasteiger partial charge in [0.05, 0.1) is 22.4 Å². The van der Waals surface area contributed by atoms with Crippen molar-refractivity contribution in [2.75, 3.05) is 16.2 Å². The van der Waals surface area contributed by atoms with Crippen LogP contribution in [0.3, 0.4) is 0 Å². The van der Waals surface area contributed by atoms with Gasteiger partial charge in [0.2, 0.25) is 5.91 Å². The lowest BCUT2D eigenvalue weighted by Crippen LogP contribution is -2.38. The molecule has 0 aromatic heterocycles. The Bertz CT molecular complexity index is 1130. The predicted molar refractivity (Wildman–Crippen MR) is 118 cm³/mol. The third-order valence-electron chi connectivity index (χ3n) is 4.26. The first kappa shape index (κ1) is 22.3. The van der Waals surface area contributed by atoms with Gasteiger partial charge in [0, 0.05) is 0 Å². The number of hydrogen-bond donors (Lipinski definition) is 1. The summed E-state index contributed by atoms with van der Waals surface area (Å²) in [7, 11) is -4.11. The van der Waals surface area contributed by atoms with Crippen LogP contribution in [-0.2, 0) is 14.8 Å². The lowest BCUT2D eigenvalue weighted by molar-refractivity contribution is -0.114. The van der Waals surface area contributed by atoms with Gasteiger partial charge in [0.15, 0.2) is 0 Å². The maximum Gasteiger partial charge on any atom is 0.264 e. The fraction of sp³-hybridized carbons (Fsp3) is 0.174. The molecule has 0 saturated carbocycles. The molecule has 0 aliphatic carbocycles. The van der Waals surface area contributed by atoms with E-state index in [4.69, 9.17) is 4.74 Å². The number of sulfonamides is 1. The van der Waals surface area contributed by atoms with Gasteiger partial charge in [-0.2, -0.15) is 0 Å². The molecule has 0 spiro atoms. The molecule has 1 N–H and O–H groups in total. The number of nitrogens with zero attached hydrogens (tertiary/aromatic N) is 1. The number of halogens is 1. The summed E-state index contributed by atoms with van der Waals surface area (Å²) in [6.45, 7) is 3.26.